The van der Waals surface area contributed by atoms with Crippen LogP contribution in [0.1, 0.15) is 5.56 Å². The summed E-state index contributed by atoms with van der Waals surface area (Å²) < 4.78 is 0. The zero-order valence-electron chi connectivity index (χ0n) is 11.0. The van der Waals surface area contributed by atoms with Crippen LogP contribution in [0.25, 0.3) is 0 Å². The van der Waals surface area contributed by atoms with Crippen LogP contribution >= 0.6 is 0 Å². The monoisotopic (exact) mass is 278 g/mol. The first-order valence-corrected chi connectivity index (χ1v) is 6.11. The molecule has 1 rings (SSSR count). The van der Waals surface area contributed by atoms with Crippen molar-refractivity contribution in [1.29, 1.82) is 0 Å². The second-order valence-electron chi connectivity index (χ2n) is 4.26. The van der Waals surface area contributed by atoms with E-state index in [0.717, 1.165) is 5.56 Å². The first-order chi connectivity index (χ1) is 9.49. The van der Waals surface area contributed by atoms with Gasteiger partial charge in [0.2, 0.25) is 17.7 Å². The second kappa shape index (κ2) is 7.90. The molecular weight excluding hydrogens is 260 g/mol. The fourth-order valence-corrected chi connectivity index (χ4v) is 1.51. The molecule has 20 heavy (non-hydrogen) atoms. The molecule has 0 aromatic heterocycles. The first kappa shape index (κ1) is 15.6. The Morgan fingerprint density at radius 1 is 1.05 bits per heavy atom. The Morgan fingerprint density at radius 3 is 2.30 bits per heavy atom. The molecular formula is C13H18N4O3. The van der Waals surface area contributed by atoms with Gasteiger partial charge >= 0.3 is 0 Å². The fraction of sp³-hybridized carbons (Fsp3) is 0.308. The molecule has 0 aliphatic carbocycles. The molecule has 1 atom stereocenters. The molecule has 0 spiro atoms. The summed E-state index contributed by atoms with van der Waals surface area (Å²) in [5.41, 5.74) is 11.5. The van der Waals surface area contributed by atoms with Gasteiger partial charge in [-0.1, -0.05) is 30.3 Å². The number of primary amides is 1. The van der Waals surface area contributed by atoms with Crippen LogP contribution in [-0.4, -0.2) is 36.9 Å². The third-order valence-corrected chi connectivity index (χ3v) is 2.52. The molecule has 0 saturated carbocycles. The van der Waals surface area contributed by atoms with Crippen LogP contribution in [0.3, 0.4) is 0 Å². The van der Waals surface area contributed by atoms with Gasteiger partial charge in [0.05, 0.1) is 19.1 Å². The van der Waals surface area contributed by atoms with E-state index in [4.69, 9.17) is 11.5 Å². The Hall–Kier alpha value is -2.41. The van der Waals surface area contributed by atoms with Gasteiger partial charge in [-0.15, -0.1) is 0 Å². The van der Waals surface area contributed by atoms with E-state index in [1.165, 1.54) is 0 Å². The molecule has 108 valence electrons. The molecule has 1 aromatic carbocycles. The summed E-state index contributed by atoms with van der Waals surface area (Å²) in [6.07, 6.45) is 0.385. The van der Waals surface area contributed by atoms with Crippen LogP contribution in [-0.2, 0) is 20.8 Å². The van der Waals surface area contributed by atoms with Crippen LogP contribution < -0.4 is 22.1 Å². The van der Waals surface area contributed by atoms with E-state index in [0.29, 0.717) is 6.42 Å². The van der Waals surface area contributed by atoms with Gasteiger partial charge in [-0.3, -0.25) is 14.4 Å². The number of rotatable bonds is 7. The van der Waals surface area contributed by atoms with Crippen molar-refractivity contribution in [3.63, 3.8) is 0 Å². The summed E-state index contributed by atoms with van der Waals surface area (Å²) in [7, 11) is 0. The normalized spacial score (nSPS) is 11.4. The van der Waals surface area contributed by atoms with E-state index in [1.807, 2.05) is 30.3 Å². The van der Waals surface area contributed by atoms with Crippen molar-refractivity contribution in [1.82, 2.24) is 10.6 Å². The molecule has 3 amide bonds. The van der Waals surface area contributed by atoms with E-state index >= 15 is 0 Å². The Balaban J connectivity index is 2.31. The lowest BCUT2D eigenvalue weighted by atomic mass is 10.1. The average Bonchev–Trinajstić information content (AvgIpc) is 2.43. The van der Waals surface area contributed by atoms with E-state index < -0.39 is 23.8 Å². The number of nitrogens with one attached hydrogen (secondary N) is 2. The van der Waals surface area contributed by atoms with Gasteiger partial charge in [-0.25, -0.2) is 0 Å². The predicted octanol–water partition coefficient (Wildman–Crippen LogP) is -1.73. The van der Waals surface area contributed by atoms with E-state index in [1.54, 1.807) is 0 Å². The molecule has 7 nitrogen and oxygen atoms in total. The van der Waals surface area contributed by atoms with Gasteiger partial charge in [-0.05, 0) is 12.0 Å². The van der Waals surface area contributed by atoms with Gasteiger partial charge in [0.25, 0.3) is 0 Å². The van der Waals surface area contributed by atoms with Gasteiger partial charge in [-0.2, -0.15) is 0 Å². The molecule has 0 fully saturated rings. The van der Waals surface area contributed by atoms with Crippen LogP contribution in [0.5, 0.6) is 0 Å². The number of carbonyl (C=O) groups excluding carboxylic acids is 3. The molecule has 0 heterocycles. The Kier molecular flexibility index (Phi) is 6.18. The molecule has 0 bridgehead atoms. The molecule has 0 radical (unpaired) electrons. The van der Waals surface area contributed by atoms with Crippen molar-refractivity contribution in [3.8, 4) is 0 Å². The van der Waals surface area contributed by atoms with Crippen LogP contribution in [0.4, 0.5) is 0 Å². The van der Waals surface area contributed by atoms with Crippen molar-refractivity contribution >= 4 is 17.7 Å². The number of hydrogen-bond acceptors (Lipinski definition) is 4. The van der Waals surface area contributed by atoms with Crippen LogP contribution in [0, 0.1) is 0 Å². The van der Waals surface area contributed by atoms with E-state index in [-0.39, 0.29) is 13.1 Å². The lowest BCUT2D eigenvalue weighted by molar-refractivity contribution is -0.127. The minimum absolute atomic E-state index is 0.241. The van der Waals surface area contributed by atoms with E-state index in [9.17, 15) is 14.4 Å². The zero-order valence-corrected chi connectivity index (χ0v) is 11.0. The second-order valence-corrected chi connectivity index (χ2v) is 4.26. The molecule has 0 unspecified atom stereocenters. The summed E-state index contributed by atoms with van der Waals surface area (Å²) in [6, 6.07) is 8.59. The predicted molar refractivity (Wildman–Crippen MR) is 73.3 cm³/mol. The summed E-state index contributed by atoms with van der Waals surface area (Å²) in [5, 5.41) is 4.66. The minimum atomic E-state index is -0.735. The van der Waals surface area contributed by atoms with Gasteiger partial charge < -0.3 is 22.1 Å². The maximum absolute atomic E-state index is 11.7. The van der Waals surface area contributed by atoms with Crippen LogP contribution in [0.15, 0.2) is 30.3 Å². The lowest BCUT2D eigenvalue weighted by Gasteiger charge is -2.12. The topological polar surface area (TPSA) is 127 Å². The largest absolute Gasteiger partial charge is 0.368 e. The van der Waals surface area contributed by atoms with Gasteiger partial charge in [0.15, 0.2) is 0 Å². The highest BCUT2D eigenvalue weighted by Gasteiger charge is 2.14. The average molecular weight is 278 g/mol. The Labute approximate surface area is 116 Å². The molecule has 0 aliphatic heterocycles. The van der Waals surface area contributed by atoms with Gasteiger partial charge in [0, 0.05) is 0 Å². The minimum Gasteiger partial charge on any atom is -0.368 e. The molecule has 6 N–H and O–H groups in total. The maximum Gasteiger partial charge on any atom is 0.239 e. The molecule has 0 aliphatic rings. The number of benzene rings is 1. The number of carbonyl (C=O) groups is 3. The zero-order chi connectivity index (χ0) is 15.0. The maximum atomic E-state index is 11.7. The molecule has 1 aromatic rings. The van der Waals surface area contributed by atoms with Gasteiger partial charge in [0.1, 0.15) is 0 Å². The third-order valence-electron chi connectivity index (χ3n) is 2.52. The SMILES string of the molecule is NC(=O)CNC(=O)CNC(=O)[C@@H](N)Cc1ccccc1. The summed E-state index contributed by atoms with van der Waals surface area (Å²) >= 11 is 0. The molecule has 7 heteroatoms. The lowest BCUT2D eigenvalue weighted by Crippen LogP contribution is -2.46. The van der Waals surface area contributed by atoms with Crippen molar-refractivity contribution in [2.75, 3.05) is 13.1 Å². The van der Waals surface area contributed by atoms with Crippen molar-refractivity contribution in [2.24, 2.45) is 11.5 Å². The number of nitrogens with two attached hydrogens (primary N) is 2. The molecule has 0 saturated heterocycles. The third kappa shape index (κ3) is 5.96. The quantitative estimate of drug-likeness (QED) is 0.472. The summed E-state index contributed by atoms with van der Waals surface area (Å²) in [4.78, 5) is 33.4. The summed E-state index contributed by atoms with van der Waals surface area (Å²) in [6.45, 7) is -0.501. The van der Waals surface area contributed by atoms with Crippen molar-refractivity contribution in [2.45, 2.75) is 12.5 Å². The first-order valence-electron chi connectivity index (χ1n) is 6.11. The Morgan fingerprint density at radius 2 is 1.70 bits per heavy atom. The highest BCUT2D eigenvalue weighted by molar-refractivity contribution is 5.89. The van der Waals surface area contributed by atoms with E-state index in [2.05, 4.69) is 10.6 Å². The van der Waals surface area contributed by atoms with Crippen molar-refractivity contribution in [3.05, 3.63) is 35.9 Å². The Bertz CT molecular complexity index is 476. The summed E-state index contributed by atoms with van der Waals surface area (Å²) in [5.74, 6) is -1.57. The number of hydrogen-bond donors (Lipinski definition) is 4. The fourth-order valence-electron chi connectivity index (χ4n) is 1.51. The number of amides is 3. The van der Waals surface area contributed by atoms with Crippen LogP contribution in [0.2, 0.25) is 0 Å². The standard InChI is InChI=1S/C13H18N4O3/c14-10(6-9-4-2-1-3-5-9)13(20)17-8-12(19)16-7-11(15)18/h1-5,10H,6-8,14H2,(H2,15,18)(H,16,19)(H,17,20)/t10-/m0/s1. The van der Waals surface area contributed by atoms with Crippen molar-refractivity contribution < 1.29 is 14.4 Å². The smallest absolute Gasteiger partial charge is 0.239 e. The highest BCUT2D eigenvalue weighted by atomic mass is 16.2. The highest BCUT2D eigenvalue weighted by Crippen LogP contribution is 2.01.